The summed E-state index contributed by atoms with van der Waals surface area (Å²) in [6.07, 6.45) is 6.77. The minimum Gasteiger partial charge on any atom is -0.465 e. The van der Waals surface area contributed by atoms with Crippen LogP contribution in [0.5, 0.6) is 0 Å². The van der Waals surface area contributed by atoms with Crippen molar-refractivity contribution in [3.63, 3.8) is 0 Å². The number of rotatable bonds is 4. The summed E-state index contributed by atoms with van der Waals surface area (Å²) in [5.41, 5.74) is 6.84. The molecule has 1 aliphatic carbocycles. The van der Waals surface area contributed by atoms with Gasteiger partial charge in [0.25, 0.3) is 5.91 Å². The summed E-state index contributed by atoms with van der Waals surface area (Å²) in [6, 6.07) is 13.3. The minimum absolute atomic E-state index is 0.0549. The van der Waals surface area contributed by atoms with E-state index < -0.39 is 0 Å². The number of aromatic nitrogens is 3. The molecule has 5 rings (SSSR count). The molecule has 0 saturated heterocycles. The molecule has 1 aromatic carbocycles. The van der Waals surface area contributed by atoms with Gasteiger partial charge in [0.15, 0.2) is 0 Å². The van der Waals surface area contributed by atoms with Crippen molar-refractivity contribution in [2.24, 2.45) is 0 Å². The van der Waals surface area contributed by atoms with Crippen molar-refractivity contribution in [1.29, 1.82) is 0 Å². The molecule has 0 saturated carbocycles. The fourth-order valence-electron chi connectivity index (χ4n) is 4.26. The van der Waals surface area contributed by atoms with Gasteiger partial charge in [0, 0.05) is 18.0 Å². The van der Waals surface area contributed by atoms with Crippen LogP contribution in [-0.4, -0.2) is 33.6 Å². The maximum Gasteiger partial charge on any atom is 0.337 e. The number of amides is 1. The fourth-order valence-corrected chi connectivity index (χ4v) is 4.26. The highest BCUT2D eigenvalue weighted by atomic mass is 16.5. The van der Waals surface area contributed by atoms with Crippen molar-refractivity contribution in [2.45, 2.75) is 25.8 Å². The van der Waals surface area contributed by atoms with E-state index in [0.717, 1.165) is 35.0 Å². The number of ether oxygens (including phenoxy) is 1. The number of benzene rings is 1. The van der Waals surface area contributed by atoms with Gasteiger partial charge in [-0.05, 0) is 66.8 Å². The first kappa shape index (κ1) is 19.9. The molecule has 0 fully saturated rings. The molecule has 3 aromatic heterocycles. The van der Waals surface area contributed by atoms with Gasteiger partial charge in [-0.25, -0.2) is 9.31 Å². The van der Waals surface area contributed by atoms with Gasteiger partial charge in [0.2, 0.25) is 0 Å². The lowest BCUT2D eigenvalue weighted by Gasteiger charge is -2.14. The highest BCUT2D eigenvalue weighted by molar-refractivity contribution is 6.01. The van der Waals surface area contributed by atoms with Crippen LogP contribution in [0, 0.1) is 6.92 Å². The second kappa shape index (κ2) is 7.92. The topological polar surface area (TPSA) is 85.6 Å². The molecular formula is C25H22N4O3. The molecule has 0 unspecified atom stereocenters. The molecule has 7 heteroatoms. The molecule has 0 bridgehead atoms. The molecule has 0 aliphatic heterocycles. The van der Waals surface area contributed by atoms with E-state index in [0.29, 0.717) is 16.8 Å². The molecule has 32 heavy (non-hydrogen) atoms. The van der Waals surface area contributed by atoms with E-state index in [1.54, 1.807) is 29.0 Å². The van der Waals surface area contributed by atoms with E-state index in [1.165, 1.54) is 12.7 Å². The van der Waals surface area contributed by atoms with Crippen molar-refractivity contribution in [2.75, 3.05) is 7.11 Å². The van der Waals surface area contributed by atoms with Crippen LogP contribution in [0.25, 0.3) is 16.8 Å². The highest BCUT2D eigenvalue weighted by Crippen LogP contribution is 2.34. The van der Waals surface area contributed by atoms with E-state index in [9.17, 15) is 9.59 Å². The maximum atomic E-state index is 13.0. The van der Waals surface area contributed by atoms with Crippen molar-refractivity contribution in [1.82, 2.24) is 19.9 Å². The van der Waals surface area contributed by atoms with Gasteiger partial charge in [-0.3, -0.25) is 9.78 Å². The van der Waals surface area contributed by atoms with Crippen LogP contribution < -0.4 is 5.32 Å². The van der Waals surface area contributed by atoms with Crippen molar-refractivity contribution >= 4 is 17.4 Å². The van der Waals surface area contributed by atoms with Crippen LogP contribution in [0.2, 0.25) is 0 Å². The first-order valence-corrected chi connectivity index (χ1v) is 10.5. The summed E-state index contributed by atoms with van der Waals surface area (Å²) in [7, 11) is 1.36. The zero-order valence-electron chi connectivity index (χ0n) is 17.8. The second-order valence-corrected chi connectivity index (χ2v) is 7.99. The predicted octanol–water partition coefficient (Wildman–Crippen LogP) is 3.91. The normalized spacial score (nSPS) is 14.9. The molecule has 0 radical (unpaired) electrons. The summed E-state index contributed by atoms with van der Waals surface area (Å²) < 4.78 is 6.52. The molecule has 1 atom stereocenters. The van der Waals surface area contributed by atoms with Crippen molar-refractivity contribution in [3.05, 3.63) is 88.9 Å². The Kier molecular flexibility index (Phi) is 4.93. The zero-order valence-corrected chi connectivity index (χ0v) is 17.8. The predicted molar refractivity (Wildman–Crippen MR) is 119 cm³/mol. The number of fused-ring (bicyclic) bond motifs is 2. The van der Waals surface area contributed by atoms with Crippen LogP contribution in [0.3, 0.4) is 0 Å². The Morgan fingerprint density at radius 1 is 1.16 bits per heavy atom. The first-order valence-electron chi connectivity index (χ1n) is 10.5. The maximum absolute atomic E-state index is 13.0. The van der Waals surface area contributed by atoms with Crippen molar-refractivity contribution < 1.29 is 14.3 Å². The third kappa shape index (κ3) is 3.51. The van der Waals surface area contributed by atoms with Gasteiger partial charge in [0.05, 0.1) is 41.7 Å². The Morgan fingerprint density at radius 3 is 2.88 bits per heavy atom. The van der Waals surface area contributed by atoms with Gasteiger partial charge in [0.1, 0.15) is 0 Å². The largest absolute Gasteiger partial charge is 0.465 e. The van der Waals surface area contributed by atoms with E-state index in [2.05, 4.69) is 21.5 Å². The van der Waals surface area contributed by atoms with Crippen LogP contribution in [0.1, 0.15) is 49.9 Å². The highest BCUT2D eigenvalue weighted by Gasteiger charge is 2.26. The Bertz CT molecular complexity index is 1360. The molecular weight excluding hydrogens is 404 g/mol. The number of carbonyl (C=O) groups excluding carboxylic acids is 2. The molecule has 4 aromatic rings. The number of pyridine rings is 2. The van der Waals surface area contributed by atoms with E-state index in [-0.39, 0.29) is 17.9 Å². The third-order valence-corrected chi connectivity index (χ3v) is 5.92. The molecule has 160 valence electrons. The summed E-state index contributed by atoms with van der Waals surface area (Å²) in [4.78, 5) is 29.2. The number of hydrogen-bond acceptors (Lipinski definition) is 5. The quantitative estimate of drug-likeness (QED) is 0.500. The third-order valence-electron chi connectivity index (χ3n) is 5.92. The number of esters is 1. The summed E-state index contributed by atoms with van der Waals surface area (Å²) in [5.74, 6) is -0.513. The summed E-state index contributed by atoms with van der Waals surface area (Å²) in [5, 5.41) is 7.46. The number of carbonyl (C=O) groups is 2. The van der Waals surface area contributed by atoms with Gasteiger partial charge in [-0.1, -0.05) is 12.1 Å². The Labute approximate surface area is 185 Å². The van der Waals surface area contributed by atoms with E-state index in [4.69, 9.17) is 4.74 Å². The average Bonchev–Trinajstić information content (AvgIpc) is 3.42. The van der Waals surface area contributed by atoms with Gasteiger partial charge < -0.3 is 10.1 Å². The van der Waals surface area contributed by atoms with Crippen LogP contribution in [0.4, 0.5) is 0 Å². The number of nitrogens with one attached hydrogen (secondary N) is 1. The molecule has 1 amide bonds. The standard InChI is InChI=1S/C25H22N4O3/c1-15-8-10-29-23(11-15)20(14-27-29)24(30)28-21-6-4-16-12-17(3-5-19(16)21)22-13-18(7-9-26-22)25(31)32-2/h3,5,7-14,21H,4,6H2,1-2H3,(H,28,30)/t21-/m1/s1. The molecule has 1 N–H and O–H groups in total. The SMILES string of the molecule is COC(=O)c1ccnc(-c2ccc3c(c2)CC[C@H]3NC(=O)c2cnn3ccc(C)cc23)c1. The lowest BCUT2D eigenvalue weighted by atomic mass is 10.0. The van der Waals surface area contributed by atoms with Crippen LogP contribution in [-0.2, 0) is 11.2 Å². The Morgan fingerprint density at radius 2 is 2.03 bits per heavy atom. The van der Waals surface area contributed by atoms with E-state index >= 15 is 0 Å². The van der Waals surface area contributed by atoms with Gasteiger partial charge >= 0.3 is 5.97 Å². The van der Waals surface area contributed by atoms with Crippen molar-refractivity contribution in [3.8, 4) is 11.3 Å². The van der Waals surface area contributed by atoms with E-state index in [1.807, 2.05) is 37.4 Å². The van der Waals surface area contributed by atoms with Gasteiger partial charge in [-0.15, -0.1) is 0 Å². The lowest BCUT2D eigenvalue weighted by molar-refractivity contribution is 0.0600. The smallest absolute Gasteiger partial charge is 0.337 e. The lowest BCUT2D eigenvalue weighted by Crippen LogP contribution is -2.27. The van der Waals surface area contributed by atoms with Crippen LogP contribution >= 0.6 is 0 Å². The number of hydrogen-bond donors (Lipinski definition) is 1. The number of nitrogens with zero attached hydrogens (tertiary/aromatic N) is 3. The first-order chi connectivity index (χ1) is 15.5. The van der Waals surface area contributed by atoms with Crippen LogP contribution in [0.15, 0.2) is 61.1 Å². The summed E-state index contributed by atoms with van der Waals surface area (Å²) >= 11 is 0. The van der Waals surface area contributed by atoms with Gasteiger partial charge in [-0.2, -0.15) is 5.10 Å². The number of aryl methyl sites for hydroxylation is 2. The number of methoxy groups -OCH3 is 1. The summed E-state index contributed by atoms with van der Waals surface area (Å²) in [6.45, 7) is 2.00. The molecule has 1 aliphatic rings. The zero-order chi connectivity index (χ0) is 22.2. The molecule has 7 nitrogen and oxygen atoms in total. The second-order valence-electron chi connectivity index (χ2n) is 7.99. The Balaban J connectivity index is 1.38. The average molecular weight is 426 g/mol. The minimum atomic E-state index is -0.388. The fraction of sp³-hybridized carbons (Fsp3) is 0.200. The monoisotopic (exact) mass is 426 g/mol. The Hall–Kier alpha value is -4.00. The molecule has 0 spiro atoms. The molecule has 3 heterocycles.